The lowest BCUT2D eigenvalue weighted by Crippen LogP contribution is -2.25. The van der Waals surface area contributed by atoms with Crippen molar-refractivity contribution in [2.24, 2.45) is 5.73 Å². The van der Waals surface area contributed by atoms with Crippen molar-refractivity contribution in [2.45, 2.75) is 18.4 Å². The molecule has 1 fully saturated rings. The van der Waals surface area contributed by atoms with Crippen molar-refractivity contribution in [1.82, 2.24) is 5.32 Å². The smallest absolute Gasteiger partial charge is 0.0431 e. The summed E-state index contributed by atoms with van der Waals surface area (Å²) in [5.74, 6) is 0.703. The number of nitrogens with one attached hydrogen (secondary N) is 1. The summed E-state index contributed by atoms with van der Waals surface area (Å²) in [4.78, 5) is 0. The van der Waals surface area contributed by atoms with Gasteiger partial charge in [0.25, 0.3) is 0 Å². The fraction of sp³-hybridized carbons (Fsp3) is 0.400. The summed E-state index contributed by atoms with van der Waals surface area (Å²) in [5.41, 5.74) is 6.83. The third-order valence-corrected chi connectivity index (χ3v) is 2.40. The monoisotopic (exact) mass is 162 g/mol. The van der Waals surface area contributed by atoms with Gasteiger partial charge in [-0.15, -0.1) is 0 Å². The van der Waals surface area contributed by atoms with E-state index in [4.69, 9.17) is 5.73 Å². The Bertz CT molecular complexity index is 245. The van der Waals surface area contributed by atoms with E-state index < -0.39 is 0 Å². The molecule has 0 aliphatic heterocycles. The molecule has 1 saturated carbocycles. The first-order valence-corrected chi connectivity index (χ1v) is 4.40. The summed E-state index contributed by atoms with van der Waals surface area (Å²) in [6, 6.07) is 11.2. The van der Waals surface area contributed by atoms with E-state index in [0.29, 0.717) is 18.6 Å². The van der Waals surface area contributed by atoms with Crippen LogP contribution >= 0.6 is 0 Å². The summed E-state index contributed by atoms with van der Waals surface area (Å²) in [7, 11) is 0. The summed E-state index contributed by atoms with van der Waals surface area (Å²) in [6.45, 7) is 0.591. The van der Waals surface area contributed by atoms with Crippen LogP contribution in [0.3, 0.4) is 0 Å². The lowest BCUT2D eigenvalue weighted by molar-refractivity contribution is 0.688. The third kappa shape index (κ3) is 1.49. The Kier molecular flexibility index (Phi) is 2.11. The van der Waals surface area contributed by atoms with E-state index in [1.807, 2.05) is 0 Å². The molecule has 3 N–H and O–H groups in total. The highest BCUT2D eigenvalue weighted by molar-refractivity contribution is 5.27. The Morgan fingerprint density at radius 3 is 2.75 bits per heavy atom. The molecule has 1 aromatic rings. The number of hydrogen-bond acceptors (Lipinski definition) is 2. The average Bonchev–Trinajstić information content (AvgIpc) is 2.87. The summed E-state index contributed by atoms with van der Waals surface area (Å²) < 4.78 is 0. The second-order valence-electron chi connectivity index (χ2n) is 3.27. The topological polar surface area (TPSA) is 38.0 Å². The standard InChI is InChI=1S/C10H14N2/c11-7-12-10-6-9(10)8-4-2-1-3-5-8/h1-5,9-10,12H,6-7,11H2. The van der Waals surface area contributed by atoms with Crippen molar-refractivity contribution in [1.29, 1.82) is 0 Å². The van der Waals surface area contributed by atoms with Crippen LogP contribution in [0.25, 0.3) is 0 Å². The van der Waals surface area contributed by atoms with Crippen LogP contribution in [0, 0.1) is 0 Å². The van der Waals surface area contributed by atoms with Crippen molar-refractivity contribution < 1.29 is 0 Å². The first-order chi connectivity index (χ1) is 5.92. The molecule has 0 bridgehead atoms. The van der Waals surface area contributed by atoms with E-state index in [2.05, 4.69) is 35.6 Å². The Labute approximate surface area is 72.8 Å². The lowest BCUT2D eigenvalue weighted by Gasteiger charge is -1.99. The molecule has 0 aromatic heterocycles. The number of hydrogen-bond donors (Lipinski definition) is 2. The molecule has 64 valence electrons. The highest BCUT2D eigenvalue weighted by atomic mass is 15.0. The van der Waals surface area contributed by atoms with Gasteiger partial charge in [0.15, 0.2) is 0 Å². The molecule has 0 radical (unpaired) electrons. The molecule has 0 saturated heterocycles. The molecule has 0 amide bonds. The highest BCUT2D eigenvalue weighted by Crippen LogP contribution is 2.40. The van der Waals surface area contributed by atoms with E-state index >= 15 is 0 Å². The Morgan fingerprint density at radius 1 is 1.33 bits per heavy atom. The summed E-state index contributed by atoms with van der Waals surface area (Å²) in [6.07, 6.45) is 1.24. The minimum Gasteiger partial charge on any atom is -0.318 e. The van der Waals surface area contributed by atoms with Gasteiger partial charge in [0.2, 0.25) is 0 Å². The van der Waals surface area contributed by atoms with Gasteiger partial charge in [0, 0.05) is 18.6 Å². The van der Waals surface area contributed by atoms with Crippen LogP contribution in [0.4, 0.5) is 0 Å². The zero-order valence-corrected chi connectivity index (χ0v) is 7.03. The first-order valence-electron chi connectivity index (χ1n) is 4.40. The van der Waals surface area contributed by atoms with Crippen LogP contribution in [0.2, 0.25) is 0 Å². The van der Waals surface area contributed by atoms with Crippen molar-refractivity contribution >= 4 is 0 Å². The molecular weight excluding hydrogens is 148 g/mol. The van der Waals surface area contributed by atoms with Crippen molar-refractivity contribution in [2.75, 3.05) is 6.67 Å². The molecule has 2 rings (SSSR count). The Morgan fingerprint density at radius 2 is 2.08 bits per heavy atom. The average molecular weight is 162 g/mol. The maximum absolute atomic E-state index is 5.40. The molecular formula is C10H14N2. The van der Waals surface area contributed by atoms with Crippen molar-refractivity contribution in [3.63, 3.8) is 0 Å². The van der Waals surface area contributed by atoms with Gasteiger partial charge in [-0.2, -0.15) is 0 Å². The molecule has 0 spiro atoms. The number of rotatable bonds is 3. The fourth-order valence-corrected chi connectivity index (χ4v) is 1.64. The van der Waals surface area contributed by atoms with Gasteiger partial charge in [0.1, 0.15) is 0 Å². The number of benzene rings is 1. The zero-order valence-electron chi connectivity index (χ0n) is 7.03. The van der Waals surface area contributed by atoms with Crippen LogP contribution in [0.1, 0.15) is 17.9 Å². The largest absolute Gasteiger partial charge is 0.318 e. The zero-order chi connectivity index (χ0) is 8.39. The van der Waals surface area contributed by atoms with Crippen molar-refractivity contribution in [3.05, 3.63) is 35.9 Å². The maximum Gasteiger partial charge on any atom is 0.0431 e. The molecule has 2 heteroatoms. The predicted octanol–water partition coefficient (Wildman–Crippen LogP) is 1.05. The van der Waals surface area contributed by atoms with Gasteiger partial charge in [0.05, 0.1) is 0 Å². The minimum absolute atomic E-state index is 0.591. The number of nitrogens with two attached hydrogens (primary N) is 1. The van der Waals surface area contributed by atoms with Gasteiger partial charge in [-0.3, -0.25) is 0 Å². The molecule has 2 unspecified atom stereocenters. The van der Waals surface area contributed by atoms with Gasteiger partial charge >= 0.3 is 0 Å². The maximum atomic E-state index is 5.40. The van der Waals surface area contributed by atoms with E-state index in [9.17, 15) is 0 Å². The van der Waals surface area contributed by atoms with Gasteiger partial charge in [-0.05, 0) is 12.0 Å². The molecule has 1 aromatic carbocycles. The van der Waals surface area contributed by atoms with Crippen molar-refractivity contribution in [3.8, 4) is 0 Å². The second-order valence-corrected chi connectivity index (χ2v) is 3.27. The van der Waals surface area contributed by atoms with Crippen LogP contribution in [-0.2, 0) is 0 Å². The molecule has 1 aliphatic rings. The van der Waals surface area contributed by atoms with E-state index in [1.165, 1.54) is 12.0 Å². The molecule has 1 aliphatic carbocycles. The summed E-state index contributed by atoms with van der Waals surface area (Å²) >= 11 is 0. The van der Waals surface area contributed by atoms with E-state index in [0.717, 1.165) is 0 Å². The lowest BCUT2D eigenvalue weighted by atomic mass is 10.1. The molecule has 12 heavy (non-hydrogen) atoms. The second kappa shape index (κ2) is 3.25. The molecule has 0 heterocycles. The van der Waals surface area contributed by atoms with E-state index in [-0.39, 0.29) is 0 Å². The van der Waals surface area contributed by atoms with Gasteiger partial charge < -0.3 is 11.1 Å². The normalized spacial score (nSPS) is 27.1. The van der Waals surface area contributed by atoms with Crippen LogP contribution in [0.15, 0.2) is 30.3 Å². The van der Waals surface area contributed by atoms with Crippen LogP contribution in [-0.4, -0.2) is 12.7 Å². The Balaban J connectivity index is 1.97. The molecule has 2 atom stereocenters. The van der Waals surface area contributed by atoms with Crippen LogP contribution < -0.4 is 11.1 Å². The van der Waals surface area contributed by atoms with E-state index in [1.54, 1.807) is 0 Å². The highest BCUT2D eigenvalue weighted by Gasteiger charge is 2.37. The predicted molar refractivity (Wildman–Crippen MR) is 49.8 cm³/mol. The third-order valence-electron chi connectivity index (χ3n) is 2.40. The fourth-order valence-electron chi connectivity index (χ4n) is 1.64. The quantitative estimate of drug-likeness (QED) is 0.652. The molecule has 2 nitrogen and oxygen atoms in total. The SMILES string of the molecule is NCNC1CC1c1ccccc1. The minimum atomic E-state index is 0.591. The van der Waals surface area contributed by atoms with Gasteiger partial charge in [-0.25, -0.2) is 0 Å². The first kappa shape index (κ1) is 7.77. The van der Waals surface area contributed by atoms with Gasteiger partial charge in [-0.1, -0.05) is 30.3 Å². The van der Waals surface area contributed by atoms with Crippen LogP contribution in [0.5, 0.6) is 0 Å². The summed E-state index contributed by atoms with van der Waals surface area (Å²) in [5, 5.41) is 3.25. The Hall–Kier alpha value is -0.860.